The van der Waals surface area contributed by atoms with Gasteiger partial charge >= 0.3 is 0 Å². The summed E-state index contributed by atoms with van der Waals surface area (Å²) in [5.41, 5.74) is 4.29. The van der Waals surface area contributed by atoms with E-state index in [4.69, 9.17) is 11.1 Å². The van der Waals surface area contributed by atoms with Gasteiger partial charge in [0.1, 0.15) is 0 Å². The topological polar surface area (TPSA) is 62.2 Å². The Morgan fingerprint density at radius 1 is 1.29 bits per heavy atom. The second-order valence-corrected chi connectivity index (χ2v) is 3.47. The minimum absolute atomic E-state index is 0.733. The molecule has 0 amide bonds. The number of fused-ring (bicyclic) bond motifs is 1. The fourth-order valence-electron chi connectivity index (χ4n) is 1.80. The first-order valence-corrected chi connectivity index (χ1v) is 4.61. The Kier molecular flexibility index (Phi) is 2.19. The normalized spacial score (nSPS) is 17.5. The van der Waals surface area contributed by atoms with Crippen LogP contribution in [0.4, 0.5) is 0 Å². The lowest BCUT2D eigenvalue weighted by molar-refractivity contribution is 0.933. The molecule has 3 heteroatoms. The van der Waals surface area contributed by atoms with Crippen molar-refractivity contribution in [3.8, 4) is 6.07 Å². The van der Waals surface area contributed by atoms with Crippen LogP contribution in [0.1, 0.15) is 23.1 Å². The van der Waals surface area contributed by atoms with E-state index in [-0.39, 0.29) is 0 Å². The lowest BCUT2D eigenvalue weighted by atomic mass is 9.89. The fourth-order valence-corrected chi connectivity index (χ4v) is 1.80. The summed E-state index contributed by atoms with van der Waals surface area (Å²) in [6.45, 7) is 0. The number of benzene rings is 1. The second kappa shape index (κ2) is 3.51. The van der Waals surface area contributed by atoms with Crippen molar-refractivity contribution in [3.63, 3.8) is 0 Å². The van der Waals surface area contributed by atoms with E-state index in [1.165, 1.54) is 11.1 Å². The molecule has 1 aliphatic rings. The maximum absolute atomic E-state index is 8.74. The third-order valence-electron chi connectivity index (χ3n) is 2.60. The minimum atomic E-state index is 0.733. The van der Waals surface area contributed by atoms with Gasteiger partial charge in [0.05, 0.1) is 11.6 Å². The van der Waals surface area contributed by atoms with E-state index in [0.29, 0.717) is 0 Å². The van der Waals surface area contributed by atoms with Gasteiger partial charge in [-0.15, -0.1) is 0 Å². The Morgan fingerprint density at radius 2 is 2.14 bits per heavy atom. The number of hydrogen-bond donors (Lipinski definition) is 1. The Balaban J connectivity index is 2.38. The van der Waals surface area contributed by atoms with E-state index < -0.39 is 0 Å². The van der Waals surface area contributed by atoms with Crippen molar-refractivity contribution in [1.82, 2.24) is 0 Å². The van der Waals surface area contributed by atoms with Gasteiger partial charge in [-0.05, 0) is 36.1 Å². The van der Waals surface area contributed by atoms with Crippen molar-refractivity contribution < 1.29 is 0 Å². The van der Waals surface area contributed by atoms with Gasteiger partial charge in [0.2, 0.25) is 0 Å². The molecule has 0 spiro atoms. The Hall–Kier alpha value is -1.82. The van der Waals surface area contributed by atoms with Crippen molar-refractivity contribution in [2.24, 2.45) is 10.9 Å². The van der Waals surface area contributed by atoms with Crippen LogP contribution < -0.4 is 5.84 Å². The number of nitriles is 1. The van der Waals surface area contributed by atoms with Crippen molar-refractivity contribution in [2.45, 2.75) is 19.3 Å². The molecule has 0 unspecified atom stereocenters. The highest BCUT2D eigenvalue weighted by Gasteiger charge is 2.13. The first-order chi connectivity index (χ1) is 6.83. The molecule has 1 aromatic rings. The number of rotatable bonds is 0. The van der Waals surface area contributed by atoms with E-state index >= 15 is 0 Å². The maximum atomic E-state index is 8.74. The van der Waals surface area contributed by atoms with Crippen molar-refractivity contribution in [2.75, 3.05) is 0 Å². The molecule has 2 N–H and O–H groups in total. The van der Waals surface area contributed by atoms with Gasteiger partial charge in [0, 0.05) is 12.1 Å². The number of nitrogens with zero attached hydrogens (tertiary/aromatic N) is 2. The van der Waals surface area contributed by atoms with Crippen molar-refractivity contribution in [3.05, 3.63) is 34.9 Å². The van der Waals surface area contributed by atoms with Gasteiger partial charge in [-0.3, -0.25) is 0 Å². The van der Waals surface area contributed by atoms with E-state index in [9.17, 15) is 0 Å². The fraction of sp³-hybridized carbons (Fsp3) is 0.273. The smallest absolute Gasteiger partial charge is 0.0991 e. The molecule has 0 aromatic heterocycles. The van der Waals surface area contributed by atoms with Gasteiger partial charge < -0.3 is 5.84 Å². The van der Waals surface area contributed by atoms with E-state index in [0.717, 1.165) is 30.5 Å². The summed E-state index contributed by atoms with van der Waals surface area (Å²) in [7, 11) is 0. The van der Waals surface area contributed by atoms with Crippen LogP contribution in [0.25, 0.3) is 0 Å². The standard InChI is InChI=1S/C11H11N3/c12-7-8-1-2-10-6-11(14-13)4-3-9(10)5-8/h1-2,5H,3-4,6,13H2. The zero-order valence-electron chi connectivity index (χ0n) is 7.83. The SMILES string of the molecule is N#Cc1ccc2c(c1)CCC(=NN)C2. The van der Waals surface area contributed by atoms with Crippen molar-refractivity contribution in [1.29, 1.82) is 5.26 Å². The lowest BCUT2D eigenvalue weighted by Gasteiger charge is -2.16. The van der Waals surface area contributed by atoms with Gasteiger partial charge in [0.15, 0.2) is 0 Å². The molecular formula is C11H11N3. The predicted octanol–water partition coefficient (Wildman–Crippen LogP) is 1.36. The average molecular weight is 185 g/mol. The zero-order chi connectivity index (χ0) is 9.97. The summed E-state index contributed by atoms with van der Waals surface area (Å²) in [6, 6.07) is 7.95. The Labute approximate surface area is 82.8 Å². The molecule has 2 rings (SSSR count). The summed E-state index contributed by atoms with van der Waals surface area (Å²) < 4.78 is 0. The molecule has 0 aliphatic heterocycles. The molecule has 70 valence electrons. The number of hydrazone groups is 1. The van der Waals surface area contributed by atoms with E-state index in [1.54, 1.807) is 0 Å². The highest BCUT2D eigenvalue weighted by molar-refractivity contribution is 5.88. The van der Waals surface area contributed by atoms with Crippen LogP contribution in [0, 0.1) is 11.3 Å². The van der Waals surface area contributed by atoms with E-state index in [1.807, 2.05) is 18.2 Å². The molecule has 0 bridgehead atoms. The summed E-state index contributed by atoms with van der Waals surface area (Å²) in [4.78, 5) is 0. The Morgan fingerprint density at radius 3 is 2.86 bits per heavy atom. The number of nitrogens with two attached hydrogens (primary N) is 1. The summed E-state index contributed by atoms with van der Waals surface area (Å²) in [5.74, 6) is 5.25. The lowest BCUT2D eigenvalue weighted by Crippen LogP contribution is -2.15. The summed E-state index contributed by atoms with van der Waals surface area (Å²) in [5, 5.41) is 12.5. The van der Waals surface area contributed by atoms with Crippen molar-refractivity contribution >= 4 is 5.71 Å². The molecule has 0 fully saturated rings. The monoisotopic (exact) mass is 185 g/mol. The van der Waals surface area contributed by atoms with Crippen LogP contribution in [0.5, 0.6) is 0 Å². The minimum Gasteiger partial charge on any atom is -0.323 e. The number of aryl methyl sites for hydroxylation is 1. The summed E-state index contributed by atoms with van der Waals surface area (Å²) >= 11 is 0. The van der Waals surface area contributed by atoms with Crippen LogP contribution in [0.3, 0.4) is 0 Å². The number of hydrogen-bond acceptors (Lipinski definition) is 3. The molecule has 0 heterocycles. The zero-order valence-corrected chi connectivity index (χ0v) is 7.83. The van der Waals surface area contributed by atoms with E-state index in [2.05, 4.69) is 11.2 Å². The third-order valence-corrected chi connectivity index (χ3v) is 2.60. The molecule has 0 radical (unpaired) electrons. The predicted molar refractivity (Wildman–Crippen MR) is 54.8 cm³/mol. The molecule has 0 saturated heterocycles. The quantitative estimate of drug-likeness (QED) is 0.490. The molecular weight excluding hydrogens is 174 g/mol. The highest BCUT2D eigenvalue weighted by atomic mass is 15.1. The molecule has 0 atom stereocenters. The second-order valence-electron chi connectivity index (χ2n) is 3.47. The van der Waals surface area contributed by atoms with Gasteiger partial charge in [-0.2, -0.15) is 10.4 Å². The molecule has 14 heavy (non-hydrogen) atoms. The van der Waals surface area contributed by atoms with Crippen LogP contribution in [0.15, 0.2) is 23.3 Å². The largest absolute Gasteiger partial charge is 0.323 e. The molecule has 0 saturated carbocycles. The maximum Gasteiger partial charge on any atom is 0.0991 e. The van der Waals surface area contributed by atoms with Crippen LogP contribution >= 0.6 is 0 Å². The molecule has 1 aromatic carbocycles. The third kappa shape index (κ3) is 1.47. The summed E-state index contributed by atoms with van der Waals surface area (Å²) in [6.07, 6.45) is 2.69. The Bertz CT molecular complexity index is 427. The molecule has 1 aliphatic carbocycles. The van der Waals surface area contributed by atoms with Crippen LogP contribution in [-0.4, -0.2) is 5.71 Å². The van der Waals surface area contributed by atoms with Gasteiger partial charge in [0.25, 0.3) is 0 Å². The highest BCUT2D eigenvalue weighted by Crippen LogP contribution is 2.20. The average Bonchev–Trinajstić information content (AvgIpc) is 2.27. The van der Waals surface area contributed by atoms with Gasteiger partial charge in [-0.25, -0.2) is 0 Å². The first kappa shape index (κ1) is 8.76. The molecule has 3 nitrogen and oxygen atoms in total. The van der Waals surface area contributed by atoms with Gasteiger partial charge in [-0.1, -0.05) is 6.07 Å². The van der Waals surface area contributed by atoms with Crippen LogP contribution in [-0.2, 0) is 12.8 Å². The first-order valence-electron chi connectivity index (χ1n) is 4.61. The van der Waals surface area contributed by atoms with Crippen LogP contribution in [0.2, 0.25) is 0 Å².